The molecule has 1 aromatic carbocycles. The standard InChI is InChI=1S/C18H22N2O2S/c1-3-13-4-6-14(7-5-13)17-19-12(2)16(23-17)18(22)20(10-11-21)15-8-9-15/h4-7,15,21H,3,8-11H2,1-2H3. The molecule has 0 atom stereocenters. The van der Waals surface area contributed by atoms with Gasteiger partial charge in [0.25, 0.3) is 5.91 Å². The van der Waals surface area contributed by atoms with Crippen LogP contribution in [0.25, 0.3) is 10.6 Å². The molecule has 0 aliphatic heterocycles. The zero-order chi connectivity index (χ0) is 16.4. The van der Waals surface area contributed by atoms with Crippen molar-refractivity contribution in [1.29, 1.82) is 0 Å². The number of hydrogen-bond acceptors (Lipinski definition) is 4. The summed E-state index contributed by atoms with van der Waals surface area (Å²) in [5, 5.41) is 10.1. The van der Waals surface area contributed by atoms with E-state index in [1.54, 1.807) is 4.90 Å². The second-order valence-electron chi connectivity index (χ2n) is 5.94. The molecule has 4 nitrogen and oxygen atoms in total. The number of benzene rings is 1. The lowest BCUT2D eigenvalue weighted by Crippen LogP contribution is -2.35. The Kier molecular flexibility index (Phi) is 4.78. The van der Waals surface area contributed by atoms with E-state index in [9.17, 15) is 9.90 Å². The van der Waals surface area contributed by atoms with Gasteiger partial charge in [-0.3, -0.25) is 4.79 Å². The van der Waals surface area contributed by atoms with Crippen LogP contribution in [0.1, 0.15) is 40.7 Å². The van der Waals surface area contributed by atoms with Crippen molar-refractivity contribution in [2.75, 3.05) is 13.2 Å². The Morgan fingerprint density at radius 2 is 2.04 bits per heavy atom. The number of amides is 1. The van der Waals surface area contributed by atoms with Gasteiger partial charge in [-0.15, -0.1) is 11.3 Å². The topological polar surface area (TPSA) is 53.4 Å². The van der Waals surface area contributed by atoms with Crippen molar-refractivity contribution >= 4 is 17.2 Å². The fraction of sp³-hybridized carbons (Fsp3) is 0.444. The van der Waals surface area contributed by atoms with Gasteiger partial charge in [-0.1, -0.05) is 31.2 Å². The van der Waals surface area contributed by atoms with Gasteiger partial charge in [0.2, 0.25) is 0 Å². The predicted molar refractivity (Wildman–Crippen MR) is 92.8 cm³/mol. The van der Waals surface area contributed by atoms with E-state index in [2.05, 4.69) is 36.2 Å². The van der Waals surface area contributed by atoms with E-state index in [4.69, 9.17) is 0 Å². The first kappa shape index (κ1) is 16.1. The average molecular weight is 330 g/mol. The molecular weight excluding hydrogens is 308 g/mol. The maximum atomic E-state index is 12.8. The minimum Gasteiger partial charge on any atom is -0.395 e. The molecule has 1 saturated carbocycles. The second kappa shape index (κ2) is 6.81. The largest absolute Gasteiger partial charge is 0.395 e. The third-order valence-corrected chi connectivity index (χ3v) is 5.38. The molecule has 1 aromatic heterocycles. The maximum Gasteiger partial charge on any atom is 0.266 e. The number of aliphatic hydroxyl groups is 1. The molecule has 1 amide bonds. The molecule has 1 N–H and O–H groups in total. The normalized spacial score (nSPS) is 14.0. The van der Waals surface area contributed by atoms with Crippen LogP contribution in [0.3, 0.4) is 0 Å². The average Bonchev–Trinajstić information content (AvgIpc) is 3.34. The second-order valence-corrected chi connectivity index (χ2v) is 6.94. The summed E-state index contributed by atoms with van der Waals surface area (Å²) in [6, 6.07) is 8.64. The van der Waals surface area contributed by atoms with Crippen LogP contribution in [-0.4, -0.2) is 40.1 Å². The van der Waals surface area contributed by atoms with Gasteiger partial charge in [-0.25, -0.2) is 4.98 Å². The highest BCUT2D eigenvalue weighted by atomic mass is 32.1. The number of aromatic nitrogens is 1. The lowest BCUT2D eigenvalue weighted by Gasteiger charge is -2.20. The van der Waals surface area contributed by atoms with Crippen LogP contribution in [0, 0.1) is 6.92 Å². The van der Waals surface area contributed by atoms with Crippen molar-refractivity contribution in [1.82, 2.24) is 9.88 Å². The van der Waals surface area contributed by atoms with Gasteiger partial charge in [0.05, 0.1) is 12.3 Å². The molecular formula is C18H22N2O2S. The van der Waals surface area contributed by atoms with Gasteiger partial charge in [0.1, 0.15) is 9.88 Å². The number of aryl methyl sites for hydroxylation is 2. The molecule has 23 heavy (non-hydrogen) atoms. The van der Waals surface area contributed by atoms with Crippen LogP contribution in [-0.2, 0) is 6.42 Å². The molecule has 0 saturated heterocycles. The minimum atomic E-state index is 0.00539. The first-order chi connectivity index (χ1) is 11.1. The zero-order valence-electron chi connectivity index (χ0n) is 13.6. The first-order valence-electron chi connectivity index (χ1n) is 8.12. The number of nitrogens with zero attached hydrogens (tertiary/aromatic N) is 2. The Hall–Kier alpha value is -1.72. The van der Waals surface area contributed by atoms with E-state index in [-0.39, 0.29) is 12.5 Å². The molecule has 3 rings (SSSR count). The zero-order valence-corrected chi connectivity index (χ0v) is 14.4. The molecule has 2 aromatic rings. The van der Waals surface area contributed by atoms with Gasteiger partial charge in [0.15, 0.2) is 0 Å². The van der Waals surface area contributed by atoms with Gasteiger partial charge in [-0.2, -0.15) is 0 Å². The lowest BCUT2D eigenvalue weighted by atomic mass is 10.1. The van der Waals surface area contributed by atoms with Crippen LogP contribution >= 0.6 is 11.3 Å². The Bertz CT molecular complexity index is 690. The summed E-state index contributed by atoms with van der Waals surface area (Å²) in [6.45, 7) is 4.43. The quantitative estimate of drug-likeness (QED) is 0.884. The highest BCUT2D eigenvalue weighted by molar-refractivity contribution is 7.17. The minimum absolute atomic E-state index is 0.00539. The lowest BCUT2D eigenvalue weighted by molar-refractivity contribution is 0.0711. The van der Waals surface area contributed by atoms with Gasteiger partial charge in [-0.05, 0) is 31.7 Å². The Labute approximate surface area is 140 Å². The van der Waals surface area contributed by atoms with Crippen molar-refractivity contribution < 1.29 is 9.90 Å². The van der Waals surface area contributed by atoms with Crippen LogP contribution in [0.2, 0.25) is 0 Å². The molecule has 1 aliphatic rings. The summed E-state index contributed by atoms with van der Waals surface area (Å²) in [7, 11) is 0. The Balaban J connectivity index is 1.86. The van der Waals surface area contributed by atoms with Crippen molar-refractivity contribution in [2.24, 2.45) is 0 Å². The molecule has 0 unspecified atom stereocenters. The van der Waals surface area contributed by atoms with Crippen molar-refractivity contribution in [3.05, 3.63) is 40.4 Å². The summed E-state index contributed by atoms with van der Waals surface area (Å²) < 4.78 is 0. The van der Waals surface area contributed by atoms with E-state index in [1.165, 1.54) is 16.9 Å². The van der Waals surface area contributed by atoms with Gasteiger partial charge >= 0.3 is 0 Å². The monoisotopic (exact) mass is 330 g/mol. The fourth-order valence-electron chi connectivity index (χ4n) is 2.68. The van der Waals surface area contributed by atoms with E-state index in [0.29, 0.717) is 17.5 Å². The molecule has 1 fully saturated rings. The van der Waals surface area contributed by atoms with Crippen molar-refractivity contribution in [3.8, 4) is 10.6 Å². The maximum absolute atomic E-state index is 12.8. The highest BCUT2D eigenvalue weighted by Gasteiger charge is 2.34. The molecule has 0 spiro atoms. The molecule has 0 radical (unpaired) electrons. The third kappa shape index (κ3) is 3.46. The third-order valence-electron chi connectivity index (χ3n) is 4.19. The summed E-state index contributed by atoms with van der Waals surface area (Å²) in [5.41, 5.74) is 3.12. The van der Waals surface area contributed by atoms with E-state index < -0.39 is 0 Å². The smallest absolute Gasteiger partial charge is 0.266 e. The van der Waals surface area contributed by atoms with Crippen LogP contribution in [0.4, 0.5) is 0 Å². The molecule has 122 valence electrons. The van der Waals surface area contributed by atoms with Crippen molar-refractivity contribution in [3.63, 3.8) is 0 Å². The summed E-state index contributed by atoms with van der Waals surface area (Å²) in [5.74, 6) is 0.00739. The van der Waals surface area contributed by atoms with E-state index in [0.717, 1.165) is 35.5 Å². The molecule has 1 heterocycles. The van der Waals surface area contributed by atoms with Crippen LogP contribution in [0.15, 0.2) is 24.3 Å². The SMILES string of the molecule is CCc1ccc(-c2nc(C)c(C(=O)N(CCO)C3CC3)s2)cc1. The first-order valence-corrected chi connectivity index (χ1v) is 8.94. The number of carbonyl (C=O) groups excluding carboxylic acids is 1. The number of rotatable bonds is 6. The highest BCUT2D eigenvalue weighted by Crippen LogP contribution is 2.33. The van der Waals surface area contributed by atoms with Crippen molar-refractivity contribution in [2.45, 2.75) is 39.2 Å². The molecule has 1 aliphatic carbocycles. The van der Waals surface area contributed by atoms with Gasteiger partial charge in [0, 0.05) is 18.2 Å². The fourth-order valence-corrected chi connectivity index (χ4v) is 3.70. The molecule has 5 heteroatoms. The summed E-state index contributed by atoms with van der Waals surface area (Å²) >= 11 is 1.45. The molecule has 0 bridgehead atoms. The van der Waals surface area contributed by atoms with Crippen LogP contribution < -0.4 is 0 Å². The van der Waals surface area contributed by atoms with E-state index >= 15 is 0 Å². The number of thiazole rings is 1. The Morgan fingerprint density at radius 1 is 1.35 bits per heavy atom. The van der Waals surface area contributed by atoms with E-state index in [1.807, 2.05) is 6.92 Å². The van der Waals surface area contributed by atoms with Crippen LogP contribution in [0.5, 0.6) is 0 Å². The Morgan fingerprint density at radius 3 is 2.61 bits per heavy atom. The predicted octanol–water partition coefficient (Wildman–Crippen LogP) is 3.28. The number of hydrogen-bond donors (Lipinski definition) is 1. The number of aliphatic hydroxyl groups excluding tert-OH is 1. The summed E-state index contributed by atoms with van der Waals surface area (Å²) in [4.78, 5) is 19.8. The number of carbonyl (C=O) groups is 1. The summed E-state index contributed by atoms with van der Waals surface area (Å²) in [6.07, 6.45) is 3.09. The van der Waals surface area contributed by atoms with Gasteiger partial charge < -0.3 is 10.0 Å².